The second-order valence-electron chi connectivity index (χ2n) is 2.28. The van der Waals surface area contributed by atoms with Crippen LogP contribution >= 0.6 is 0 Å². The number of rotatable bonds is 4. The van der Waals surface area contributed by atoms with E-state index in [1.807, 2.05) is 0 Å². The van der Waals surface area contributed by atoms with Gasteiger partial charge in [0.05, 0.1) is 12.2 Å². The Bertz CT molecular complexity index is 102. The van der Waals surface area contributed by atoms with Crippen molar-refractivity contribution in [2.45, 2.75) is 31.7 Å². The van der Waals surface area contributed by atoms with E-state index < -0.39 is 18.3 Å². The first kappa shape index (κ1) is 9.55. The highest BCUT2D eigenvalue weighted by molar-refractivity contribution is 5.56. The molecule has 0 spiro atoms. The van der Waals surface area contributed by atoms with Crippen LogP contribution in [0.5, 0.6) is 0 Å². The van der Waals surface area contributed by atoms with Crippen molar-refractivity contribution in [3.8, 4) is 0 Å². The molecule has 0 fully saturated rings. The number of aldehydes is 1. The fraction of sp³-hybridized carbons (Fsp3) is 0.833. The Morgan fingerprint density at radius 2 is 1.90 bits per heavy atom. The van der Waals surface area contributed by atoms with Crippen molar-refractivity contribution in [3.05, 3.63) is 0 Å². The molecule has 0 bridgehead atoms. The average Bonchev–Trinajstić information content (AvgIpc) is 1.85. The molecule has 10 heavy (non-hydrogen) atoms. The minimum atomic E-state index is -1.38. The Labute approximate surface area is 59.1 Å². The summed E-state index contributed by atoms with van der Waals surface area (Å²) in [7, 11) is 0. The lowest BCUT2D eigenvalue weighted by molar-refractivity contribution is -0.121. The third-order valence-electron chi connectivity index (χ3n) is 1.12. The molecule has 0 saturated heterocycles. The summed E-state index contributed by atoms with van der Waals surface area (Å²) in [5.74, 6) is 0. The molecular weight excluding hydrogens is 136 g/mol. The van der Waals surface area contributed by atoms with E-state index in [0.29, 0.717) is 0 Å². The highest BCUT2D eigenvalue weighted by Crippen LogP contribution is 2.00. The van der Waals surface area contributed by atoms with Crippen LogP contribution < -0.4 is 0 Å². The van der Waals surface area contributed by atoms with Crippen LogP contribution in [0.4, 0.5) is 0 Å². The third kappa shape index (κ3) is 3.55. The highest BCUT2D eigenvalue weighted by atomic mass is 16.3. The summed E-state index contributed by atoms with van der Waals surface area (Å²) >= 11 is 0. The summed E-state index contributed by atoms with van der Waals surface area (Å²) < 4.78 is 0. The molecule has 0 radical (unpaired) electrons. The monoisotopic (exact) mass is 148 g/mol. The standard InChI is InChI=1S/C6H12O4/c1-4(8)2-5(9)6(10)3-7/h3-6,8-10H,2H2,1H3. The molecular formula is C6H12O4. The molecule has 0 aliphatic carbocycles. The molecule has 3 unspecified atom stereocenters. The van der Waals surface area contributed by atoms with Crippen LogP contribution in [-0.4, -0.2) is 39.9 Å². The van der Waals surface area contributed by atoms with Crippen molar-refractivity contribution in [2.24, 2.45) is 0 Å². The Morgan fingerprint density at radius 1 is 1.40 bits per heavy atom. The van der Waals surface area contributed by atoms with Crippen molar-refractivity contribution in [2.75, 3.05) is 0 Å². The molecule has 0 amide bonds. The van der Waals surface area contributed by atoms with Gasteiger partial charge in [0.15, 0.2) is 6.29 Å². The predicted octanol–water partition coefficient (Wildman–Crippen LogP) is -1.32. The van der Waals surface area contributed by atoms with Gasteiger partial charge in [-0.3, -0.25) is 0 Å². The number of hydrogen-bond donors (Lipinski definition) is 3. The molecule has 4 nitrogen and oxygen atoms in total. The third-order valence-corrected chi connectivity index (χ3v) is 1.12. The van der Waals surface area contributed by atoms with E-state index in [1.54, 1.807) is 0 Å². The molecule has 0 aromatic carbocycles. The van der Waals surface area contributed by atoms with Crippen LogP contribution in [0.3, 0.4) is 0 Å². The van der Waals surface area contributed by atoms with E-state index in [9.17, 15) is 4.79 Å². The fourth-order valence-electron chi connectivity index (χ4n) is 0.580. The van der Waals surface area contributed by atoms with Crippen LogP contribution in [0.25, 0.3) is 0 Å². The molecule has 0 aromatic heterocycles. The zero-order valence-corrected chi connectivity index (χ0v) is 5.77. The molecule has 4 heteroatoms. The minimum Gasteiger partial charge on any atom is -0.393 e. The quantitative estimate of drug-likeness (QED) is 0.432. The molecule has 0 heterocycles. The van der Waals surface area contributed by atoms with Gasteiger partial charge in [-0.25, -0.2) is 0 Å². The predicted molar refractivity (Wildman–Crippen MR) is 34.4 cm³/mol. The van der Waals surface area contributed by atoms with E-state index in [0.717, 1.165) is 0 Å². The second-order valence-corrected chi connectivity index (χ2v) is 2.28. The molecule has 3 atom stereocenters. The molecule has 0 saturated carbocycles. The van der Waals surface area contributed by atoms with Crippen LogP contribution in [0, 0.1) is 0 Å². The number of aliphatic hydroxyl groups excluding tert-OH is 3. The van der Waals surface area contributed by atoms with Gasteiger partial charge in [-0.2, -0.15) is 0 Å². The van der Waals surface area contributed by atoms with Crippen LogP contribution in [0.2, 0.25) is 0 Å². The minimum absolute atomic E-state index is 0.0138. The summed E-state index contributed by atoms with van der Waals surface area (Å²) in [5.41, 5.74) is 0. The van der Waals surface area contributed by atoms with Gasteiger partial charge in [0.1, 0.15) is 6.10 Å². The van der Waals surface area contributed by atoms with Gasteiger partial charge >= 0.3 is 0 Å². The summed E-state index contributed by atoms with van der Waals surface area (Å²) in [6.45, 7) is 1.47. The van der Waals surface area contributed by atoms with Crippen molar-refractivity contribution in [1.82, 2.24) is 0 Å². The largest absolute Gasteiger partial charge is 0.393 e. The van der Waals surface area contributed by atoms with Gasteiger partial charge in [0.2, 0.25) is 0 Å². The normalized spacial score (nSPS) is 19.6. The molecule has 0 aromatic rings. The molecule has 0 aliphatic heterocycles. The van der Waals surface area contributed by atoms with Gasteiger partial charge < -0.3 is 20.1 Å². The van der Waals surface area contributed by atoms with Crippen molar-refractivity contribution < 1.29 is 20.1 Å². The van der Waals surface area contributed by atoms with Gasteiger partial charge in [0, 0.05) is 6.42 Å². The second kappa shape index (κ2) is 4.38. The number of carbonyl (C=O) groups excluding carboxylic acids is 1. The Balaban J connectivity index is 3.60. The Kier molecular flexibility index (Phi) is 4.18. The van der Waals surface area contributed by atoms with E-state index >= 15 is 0 Å². The molecule has 3 N–H and O–H groups in total. The van der Waals surface area contributed by atoms with Crippen LogP contribution in [0.15, 0.2) is 0 Å². The molecule has 0 rings (SSSR count). The smallest absolute Gasteiger partial charge is 0.151 e. The Hall–Kier alpha value is -0.450. The SMILES string of the molecule is CC(O)CC(O)C(O)C=O. The Morgan fingerprint density at radius 3 is 2.20 bits per heavy atom. The van der Waals surface area contributed by atoms with E-state index in [2.05, 4.69) is 0 Å². The zero-order chi connectivity index (χ0) is 8.15. The summed E-state index contributed by atoms with van der Waals surface area (Å²) in [4.78, 5) is 9.84. The first-order valence-electron chi connectivity index (χ1n) is 3.07. The maximum Gasteiger partial charge on any atom is 0.151 e. The topological polar surface area (TPSA) is 77.8 Å². The zero-order valence-electron chi connectivity index (χ0n) is 5.77. The summed E-state index contributed by atoms with van der Waals surface area (Å²) in [6.07, 6.45) is -2.98. The fourth-order valence-corrected chi connectivity index (χ4v) is 0.580. The highest BCUT2D eigenvalue weighted by Gasteiger charge is 2.16. The van der Waals surface area contributed by atoms with Gasteiger partial charge in [-0.15, -0.1) is 0 Å². The maximum absolute atomic E-state index is 9.84. The summed E-state index contributed by atoms with van der Waals surface area (Å²) in [5, 5.41) is 26.2. The van der Waals surface area contributed by atoms with Crippen molar-refractivity contribution >= 4 is 6.29 Å². The van der Waals surface area contributed by atoms with Gasteiger partial charge in [-0.1, -0.05) is 0 Å². The molecule has 0 aliphatic rings. The first-order chi connectivity index (χ1) is 4.57. The first-order valence-corrected chi connectivity index (χ1v) is 3.07. The lowest BCUT2D eigenvalue weighted by Gasteiger charge is -2.13. The van der Waals surface area contributed by atoms with E-state index in [1.165, 1.54) is 6.92 Å². The van der Waals surface area contributed by atoms with Crippen LogP contribution in [0.1, 0.15) is 13.3 Å². The van der Waals surface area contributed by atoms with Crippen LogP contribution in [-0.2, 0) is 4.79 Å². The average molecular weight is 148 g/mol. The molecule has 60 valence electrons. The van der Waals surface area contributed by atoms with E-state index in [4.69, 9.17) is 15.3 Å². The van der Waals surface area contributed by atoms with Crippen molar-refractivity contribution in [1.29, 1.82) is 0 Å². The lowest BCUT2D eigenvalue weighted by atomic mass is 10.1. The summed E-state index contributed by atoms with van der Waals surface area (Å²) in [6, 6.07) is 0. The van der Waals surface area contributed by atoms with Gasteiger partial charge in [-0.05, 0) is 6.92 Å². The van der Waals surface area contributed by atoms with Crippen molar-refractivity contribution in [3.63, 3.8) is 0 Å². The lowest BCUT2D eigenvalue weighted by Crippen LogP contribution is -2.30. The maximum atomic E-state index is 9.84. The van der Waals surface area contributed by atoms with E-state index in [-0.39, 0.29) is 12.7 Å². The van der Waals surface area contributed by atoms with Gasteiger partial charge in [0.25, 0.3) is 0 Å². The number of carbonyl (C=O) groups is 1. The number of hydrogen-bond acceptors (Lipinski definition) is 4. The number of aliphatic hydroxyl groups is 3.